The summed E-state index contributed by atoms with van der Waals surface area (Å²) in [5.41, 5.74) is 13.3. The van der Waals surface area contributed by atoms with Crippen LogP contribution in [0.25, 0.3) is 0 Å². The summed E-state index contributed by atoms with van der Waals surface area (Å²) in [5, 5.41) is 2.98. The number of benzene rings is 2. The summed E-state index contributed by atoms with van der Waals surface area (Å²) in [4.78, 5) is 17.0. The molecule has 31 heavy (non-hydrogen) atoms. The van der Waals surface area contributed by atoms with E-state index >= 15 is 0 Å². The van der Waals surface area contributed by atoms with Gasteiger partial charge < -0.3 is 21.5 Å². The number of rotatable bonds is 3. The maximum atomic E-state index is 13.0. The van der Waals surface area contributed by atoms with Gasteiger partial charge in [-0.05, 0) is 35.9 Å². The third-order valence-electron chi connectivity index (χ3n) is 5.11. The number of nitrogens with zero attached hydrogens (tertiary/aromatic N) is 1. The van der Waals surface area contributed by atoms with Gasteiger partial charge in [-0.25, -0.2) is 4.99 Å². The van der Waals surface area contributed by atoms with Crippen molar-refractivity contribution in [2.45, 2.75) is 12.1 Å². The van der Waals surface area contributed by atoms with Crippen LogP contribution in [-0.4, -0.2) is 24.7 Å². The Morgan fingerprint density at radius 3 is 2.52 bits per heavy atom. The minimum absolute atomic E-state index is 0.0455. The van der Waals surface area contributed by atoms with E-state index in [0.29, 0.717) is 34.7 Å². The first kappa shape index (κ1) is 20.7. The highest BCUT2D eigenvalue weighted by atomic mass is 19.4. The van der Waals surface area contributed by atoms with Crippen molar-refractivity contribution in [3.05, 3.63) is 82.7 Å². The molecule has 0 saturated carbocycles. The zero-order valence-corrected chi connectivity index (χ0v) is 16.2. The molecule has 2 heterocycles. The quantitative estimate of drug-likeness (QED) is 0.697. The van der Waals surface area contributed by atoms with Crippen LogP contribution in [0.15, 0.2) is 76.6 Å². The summed E-state index contributed by atoms with van der Waals surface area (Å²) >= 11 is 0. The van der Waals surface area contributed by atoms with Crippen LogP contribution in [0, 0.1) is 0 Å². The van der Waals surface area contributed by atoms with E-state index in [-0.39, 0.29) is 23.9 Å². The Bertz CT molecular complexity index is 1140. The molecule has 9 heteroatoms. The van der Waals surface area contributed by atoms with Crippen molar-refractivity contribution in [3.8, 4) is 11.5 Å². The van der Waals surface area contributed by atoms with Crippen molar-refractivity contribution in [2.75, 3.05) is 13.1 Å². The average molecular weight is 428 g/mol. The fraction of sp³-hybridized carbons (Fsp3) is 0.182. The lowest BCUT2D eigenvalue weighted by Gasteiger charge is -2.31. The van der Waals surface area contributed by atoms with Gasteiger partial charge in [-0.2, -0.15) is 13.2 Å². The van der Waals surface area contributed by atoms with Gasteiger partial charge in [0.15, 0.2) is 5.78 Å². The lowest BCUT2D eigenvalue weighted by Crippen LogP contribution is -2.39. The fourth-order valence-electron chi connectivity index (χ4n) is 3.74. The van der Waals surface area contributed by atoms with E-state index in [4.69, 9.17) is 16.2 Å². The number of ether oxygens (including phenoxy) is 1. The Morgan fingerprint density at radius 1 is 1.10 bits per heavy atom. The van der Waals surface area contributed by atoms with Gasteiger partial charge in [0.1, 0.15) is 17.3 Å². The first-order valence-corrected chi connectivity index (χ1v) is 9.46. The van der Waals surface area contributed by atoms with Gasteiger partial charge in [0, 0.05) is 29.8 Å². The largest absolute Gasteiger partial charge is 0.457 e. The molecule has 5 N–H and O–H groups in total. The Balaban J connectivity index is 1.72. The maximum Gasteiger partial charge on any atom is 0.416 e. The highest BCUT2D eigenvalue weighted by Gasteiger charge is 2.36. The number of hydrogen-bond acceptors (Lipinski definition) is 6. The Labute approximate surface area is 176 Å². The molecule has 2 aliphatic heterocycles. The molecule has 0 bridgehead atoms. The molecule has 0 radical (unpaired) electrons. The van der Waals surface area contributed by atoms with Crippen LogP contribution in [0.5, 0.6) is 11.5 Å². The molecule has 0 amide bonds. The van der Waals surface area contributed by atoms with Gasteiger partial charge in [-0.1, -0.05) is 18.2 Å². The van der Waals surface area contributed by atoms with Crippen LogP contribution in [0.3, 0.4) is 0 Å². The summed E-state index contributed by atoms with van der Waals surface area (Å²) in [7, 11) is 0. The molecule has 160 valence electrons. The summed E-state index contributed by atoms with van der Waals surface area (Å²) in [6, 6.07) is 11.4. The molecule has 2 aromatic carbocycles. The minimum atomic E-state index is -4.47. The van der Waals surface area contributed by atoms with Crippen LogP contribution in [0.1, 0.15) is 17.0 Å². The number of nitrogens with two attached hydrogens (primary N) is 2. The molecule has 1 atom stereocenters. The lowest BCUT2D eigenvalue weighted by atomic mass is 9.78. The molecule has 0 aliphatic carbocycles. The Kier molecular flexibility index (Phi) is 5.28. The zero-order chi connectivity index (χ0) is 22.2. The van der Waals surface area contributed by atoms with E-state index in [9.17, 15) is 18.0 Å². The minimum Gasteiger partial charge on any atom is -0.457 e. The molecule has 0 fully saturated rings. The summed E-state index contributed by atoms with van der Waals surface area (Å²) in [6.07, 6.45) is -3.15. The predicted octanol–water partition coefficient (Wildman–Crippen LogP) is 3.22. The second-order valence-electron chi connectivity index (χ2n) is 7.14. The number of amidine groups is 1. The lowest BCUT2D eigenvalue weighted by molar-refractivity contribution is -0.137. The topological polar surface area (TPSA) is 103 Å². The number of Topliss-reactive ketones (excluding diaryl/α,β-unsaturated/α-hetero) is 1. The number of carbonyl (C=O) groups is 1. The summed E-state index contributed by atoms with van der Waals surface area (Å²) < 4.78 is 44.6. The third-order valence-corrected chi connectivity index (χ3v) is 5.11. The van der Waals surface area contributed by atoms with Gasteiger partial charge in [-0.15, -0.1) is 0 Å². The molecule has 4 rings (SSSR count). The van der Waals surface area contributed by atoms with Gasteiger partial charge in [0.25, 0.3) is 0 Å². The summed E-state index contributed by atoms with van der Waals surface area (Å²) in [5.74, 6) is -0.0860. The second kappa shape index (κ2) is 7.92. The Morgan fingerprint density at radius 2 is 1.81 bits per heavy atom. The Hall–Kier alpha value is -3.59. The number of alkyl halides is 3. The summed E-state index contributed by atoms with van der Waals surface area (Å²) in [6.45, 7) is 0.569. The highest BCUT2D eigenvalue weighted by molar-refractivity contribution is 6.08. The van der Waals surface area contributed by atoms with Gasteiger partial charge in [0.05, 0.1) is 17.8 Å². The van der Waals surface area contributed by atoms with Gasteiger partial charge in [0.2, 0.25) is 0 Å². The fourth-order valence-corrected chi connectivity index (χ4v) is 3.74. The van der Waals surface area contributed by atoms with E-state index in [0.717, 1.165) is 12.1 Å². The van der Waals surface area contributed by atoms with Crippen LogP contribution < -0.4 is 21.5 Å². The van der Waals surface area contributed by atoms with Crippen molar-refractivity contribution in [1.29, 1.82) is 0 Å². The first-order valence-electron chi connectivity index (χ1n) is 9.46. The van der Waals surface area contributed by atoms with Gasteiger partial charge >= 0.3 is 6.18 Å². The van der Waals surface area contributed by atoms with E-state index in [1.165, 1.54) is 18.3 Å². The molecule has 0 aromatic heterocycles. The van der Waals surface area contributed by atoms with Crippen LogP contribution >= 0.6 is 0 Å². The molecular weight excluding hydrogens is 409 g/mol. The van der Waals surface area contributed by atoms with Crippen LogP contribution in [0.2, 0.25) is 0 Å². The van der Waals surface area contributed by atoms with Gasteiger partial charge in [-0.3, -0.25) is 4.79 Å². The molecule has 1 unspecified atom stereocenters. The van der Waals surface area contributed by atoms with Crippen molar-refractivity contribution >= 4 is 11.6 Å². The predicted molar refractivity (Wildman–Crippen MR) is 109 cm³/mol. The number of carbonyl (C=O) groups excluding carboxylic acids is 1. The number of hydrogen-bond donors (Lipinski definition) is 3. The average Bonchev–Trinajstić information content (AvgIpc) is 2.73. The molecule has 6 nitrogen and oxygen atoms in total. The number of aliphatic imine (C=N–C) groups is 1. The molecule has 0 saturated heterocycles. The van der Waals surface area contributed by atoms with Crippen molar-refractivity contribution < 1.29 is 22.7 Å². The smallest absolute Gasteiger partial charge is 0.416 e. The standard InChI is InChI=1S/C22H19F3N4O2/c23-22(24,25)13-4-2-6-15(8-13)31-14-5-1-3-12(7-14)19-16(9-26)21(27)29-17-10-28-11-18(30)20(17)19/h1-9,19,28H,10-11,26H2,(H2,27,29)/b16-9-. The van der Waals surface area contributed by atoms with Crippen molar-refractivity contribution in [1.82, 2.24) is 5.32 Å². The normalized spacial score (nSPS) is 20.5. The monoisotopic (exact) mass is 428 g/mol. The van der Waals surface area contributed by atoms with E-state index in [1.807, 2.05) is 0 Å². The zero-order valence-electron chi connectivity index (χ0n) is 16.2. The van der Waals surface area contributed by atoms with Crippen LogP contribution in [0.4, 0.5) is 13.2 Å². The number of nitrogens with one attached hydrogen (secondary N) is 1. The number of halogens is 3. The van der Waals surface area contributed by atoms with E-state index < -0.39 is 17.7 Å². The van der Waals surface area contributed by atoms with E-state index in [2.05, 4.69) is 10.3 Å². The first-order chi connectivity index (χ1) is 14.8. The molecule has 0 spiro atoms. The molecule has 2 aliphatic rings. The molecular formula is C22H19F3N4O2. The van der Waals surface area contributed by atoms with Crippen molar-refractivity contribution in [3.63, 3.8) is 0 Å². The number of ketones is 1. The van der Waals surface area contributed by atoms with E-state index in [1.54, 1.807) is 24.3 Å². The molecule has 2 aromatic rings. The van der Waals surface area contributed by atoms with Crippen LogP contribution in [-0.2, 0) is 11.0 Å². The maximum absolute atomic E-state index is 13.0. The van der Waals surface area contributed by atoms with Crippen molar-refractivity contribution in [2.24, 2.45) is 16.5 Å². The second-order valence-corrected chi connectivity index (χ2v) is 7.14. The highest BCUT2D eigenvalue weighted by Crippen LogP contribution is 2.40. The SMILES string of the molecule is N/C=C1\C(N)=NC2=C(C(=O)CNC2)C1c1cccc(Oc2cccc(C(F)(F)F)c2)c1. The third kappa shape index (κ3) is 4.04.